The molecular weight excluding hydrogens is 512 g/mol. The molecule has 0 amide bonds. The van der Waals surface area contributed by atoms with Crippen LogP contribution in [0.2, 0.25) is 0 Å². The van der Waals surface area contributed by atoms with E-state index in [-0.39, 0.29) is 23.6 Å². The molecule has 1 aliphatic carbocycles. The van der Waals surface area contributed by atoms with Crippen molar-refractivity contribution in [3.8, 4) is 0 Å². The first-order chi connectivity index (χ1) is 19.0. The molecule has 2 atom stereocenters. The van der Waals surface area contributed by atoms with Crippen molar-refractivity contribution in [3.63, 3.8) is 0 Å². The van der Waals surface area contributed by atoms with Crippen molar-refractivity contribution < 1.29 is 38.2 Å². The smallest absolute Gasteiger partial charge is 0.413 e. The number of hydrogen-bond donors (Lipinski definition) is 0. The second-order valence-corrected chi connectivity index (χ2v) is 8.96. The highest BCUT2D eigenvalue weighted by molar-refractivity contribution is 6.20. The van der Waals surface area contributed by atoms with E-state index in [9.17, 15) is 19.2 Å². The third-order valence-electron chi connectivity index (χ3n) is 6.10. The number of benzene rings is 2. The summed E-state index contributed by atoms with van der Waals surface area (Å²) in [6.45, 7) is 15.5. The molecule has 1 saturated carbocycles. The topological polar surface area (TPSA) is 132 Å². The molecule has 0 radical (unpaired) electrons. The van der Waals surface area contributed by atoms with Crippen LogP contribution in [0.1, 0.15) is 56.4 Å². The first-order valence-corrected chi connectivity index (χ1v) is 13.0. The number of esters is 3. The van der Waals surface area contributed by atoms with Crippen LogP contribution in [0.3, 0.4) is 0 Å². The Morgan fingerprint density at radius 2 is 1.40 bits per heavy atom. The monoisotopic (exact) mass is 550 g/mol. The van der Waals surface area contributed by atoms with Gasteiger partial charge in [-0.05, 0) is 59.1 Å². The average molecular weight is 551 g/mol. The van der Waals surface area contributed by atoms with Gasteiger partial charge in [-0.15, -0.1) is 0 Å². The molecule has 0 bridgehead atoms. The predicted molar refractivity (Wildman–Crippen MR) is 151 cm³/mol. The summed E-state index contributed by atoms with van der Waals surface area (Å²) < 4.78 is 14.2. The van der Waals surface area contributed by atoms with Gasteiger partial charge in [-0.3, -0.25) is 9.59 Å². The van der Waals surface area contributed by atoms with Crippen molar-refractivity contribution in [1.82, 2.24) is 0 Å². The van der Waals surface area contributed by atoms with Crippen molar-refractivity contribution in [1.29, 1.82) is 0 Å². The number of ether oxygens (including phenoxy) is 3. The fourth-order valence-electron chi connectivity index (χ4n) is 3.87. The van der Waals surface area contributed by atoms with Gasteiger partial charge in [0.15, 0.2) is 0 Å². The summed E-state index contributed by atoms with van der Waals surface area (Å²) in [5.74, 6) is -1.50. The van der Waals surface area contributed by atoms with Gasteiger partial charge in [0.1, 0.15) is 5.78 Å². The summed E-state index contributed by atoms with van der Waals surface area (Å²) in [4.78, 5) is 47.6. The van der Waals surface area contributed by atoms with Gasteiger partial charge in [0, 0.05) is 0 Å². The van der Waals surface area contributed by atoms with E-state index in [4.69, 9.17) is 15.0 Å². The lowest BCUT2D eigenvalue weighted by Gasteiger charge is -2.14. The molecule has 9 heteroatoms. The van der Waals surface area contributed by atoms with Gasteiger partial charge in [0.2, 0.25) is 0 Å². The number of carbonyl (C=O) groups is 4. The molecule has 40 heavy (non-hydrogen) atoms. The van der Waals surface area contributed by atoms with E-state index in [2.05, 4.69) is 16.1 Å². The summed E-state index contributed by atoms with van der Waals surface area (Å²) in [5, 5.41) is 0. The molecule has 0 saturated heterocycles. The van der Waals surface area contributed by atoms with Gasteiger partial charge in [0.25, 0.3) is 0 Å². The Labute approximate surface area is 235 Å². The van der Waals surface area contributed by atoms with Crippen molar-refractivity contribution in [2.45, 2.75) is 53.4 Å². The average Bonchev–Trinajstić information content (AvgIpc) is 3.68. The van der Waals surface area contributed by atoms with Gasteiger partial charge >= 0.3 is 24.1 Å². The first-order valence-electron chi connectivity index (χ1n) is 13.0. The van der Waals surface area contributed by atoms with Gasteiger partial charge < -0.3 is 19.7 Å². The standard InChI is InChI=1S/C15H18O3.C12H14O2.C4H6N2O2/c1-4-18-14(17)13-9-15(13,11(3)16)12-7-5-10(2)6-8-12;1-4-14-12(13)10(3)11-7-5-9(2)6-8-11;1-2-8-4(7)3-6-5/h5-8,13H,4,9H2,1-3H3;5-8H,3-4H2,1-2H3;3H,2H2,1H3/t13-,15+;;/m0../s1. The van der Waals surface area contributed by atoms with Gasteiger partial charge in [0.05, 0.1) is 36.7 Å². The Morgan fingerprint density at radius 1 is 0.900 bits per heavy atom. The lowest BCUT2D eigenvalue weighted by Crippen LogP contribution is -2.24. The van der Waals surface area contributed by atoms with Gasteiger partial charge in [-0.1, -0.05) is 66.2 Å². The van der Waals surface area contributed by atoms with E-state index in [1.807, 2.05) is 62.4 Å². The molecule has 1 fully saturated rings. The van der Waals surface area contributed by atoms with E-state index in [0.717, 1.165) is 22.3 Å². The molecule has 1 aliphatic rings. The van der Waals surface area contributed by atoms with E-state index in [1.54, 1.807) is 27.7 Å². The number of aryl methyl sites for hydroxylation is 2. The Balaban J connectivity index is 0.000000324. The first kappa shape index (κ1) is 33.7. The molecule has 0 N–H and O–H groups in total. The lowest BCUT2D eigenvalue weighted by molar-refractivity contribution is -0.146. The summed E-state index contributed by atoms with van der Waals surface area (Å²) in [5.41, 5.74) is 11.5. The Bertz CT molecular complexity index is 1230. The minimum Gasteiger partial charge on any atom is -0.466 e. The molecule has 0 spiro atoms. The highest BCUT2D eigenvalue weighted by Gasteiger charge is 2.63. The minimum atomic E-state index is -0.639. The van der Waals surface area contributed by atoms with Crippen LogP contribution >= 0.6 is 0 Å². The molecule has 0 heterocycles. The van der Waals surface area contributed by atoms with E-state index >= 15 is 0 Å². The van der Waals surface area contributed by atoms with E-state index in [1.165, 1.54) is 0 Å². The fraction of sp³-hybridized carbons (Fsp3) is 0.387. The summed E-state index contributed by atoms with van der Waals surface area (Å²) in [7, 11) is 0. The van der Waals surface area contributed by atoms with Crippen LogP contribution in [0.25, 0.3) is 11.1 Å². The number of hydrogen-bond acceptors (Lipinski definition) is 7. The second-order valence-electron chi connectivity index (χ2n) is 8.96. The fourth-order valence-corrected chi connectivity index (χ4v) is 3.87. The maximum Gasteiger partial charge on any atom is 0.413 e. The van der Waals surface area contributed by atoms with Crippen LogP contribution in [-0.2, 0) is 38.8 Å². The second kappa shape index (κ2) is 16.6. The van der Waals surface area contributed by atoms with Crippen LogP contribution in [0, 0.1) is 19.8 Å². The van der Waals surface area contributed by atoms with Crippen LogP contribution in [0.5, 0.6) is 0 Å². The molecule has 214 valence electrons. The molecule has 2 aromatic rings. The van der Waals surface area contributed by atoms with Crippen molar-refractivity contribution in [3.05, 3.63) is 82.9 Å². The minimum absolute atomic E-state index is 0.0457. The lowest BCUT2D eigenvalue weighted by atomic mass is 9.89. The number of nitrogens with zero attached hydrogens (tertiary/aromatic N) is 2. The molecule has 3 rings (SSSR count). The maximum atomic E-state index is 11.9. The van der Waals surface area contributed by atoms with Crippen molar-refractivity contribution in [2.75, 3.05) is 19.8 Å². The maximum absolute atomic E-state index is 11.9. The SMILES string of the molecule is C=C(C(=O)OCC)c1ccc(C)cc1.CCOC(=O)C=[N+]=[N-].CCOC(=O)[C@@H]1C[C@@]1(C(C)=O)c1ccc(C)cc1. The van der Waals surface area contributed by atoms with Crippen LogP contribution in [0.4, 0.5) is 0 Å². The molecule has 9 nitrogen and oxygen atoms in total. The molecule has 0 aromatic heterocycles. The zero-order valence-corrected chi connectivity index (χ0v) is 24.1. The summed E-state index contributed by atoms with van der Waals surface area (Å²) >= 11 is 0. The zero-order chi connectivity index (χ0) is 30.3. The van der Waals surface area contributed by atoms with E-state index in [0.29, 0.717) is 38.0 Å². The number of carbonyl (C=O) groups excluding carboxylic acids is 4. The molecule has 2 aromatic carbocycles. The third kappa shape index (κ3) is 9.75. The van der Waals surface area contributed by atoms with Gasteiger partial charge in [-0.25, -0.2) is 9.59 Å². The number of Topliss-reactive ketones (excluding diaryl/α,β-unsaturated/α-hetero) is 1. The Kier molecular flexibility index (Phi) is 13.9. The molecular formula is C31H38N2O7. The molecule has 0 aliphatic heterocycles. The van der Waals surface area contributed by atoms with Crippen molar-refractivity contribution in [2.24, 2.45) is 5.92 Å². The van der Waals surface area contributed by atoms with Crippen molar-refractivity contribution >= 4 is 35.5 Å². The highest BCUT2D eigenvalue weighted by atomic mass is 16.5. The normalized spacial score (nSPS) is 16.3. The highest BCUT2D eigenvalue weighted by Crippen LogP contribution is 2.55. The predicted octanol–water partition coefficient (Wildman–Crippen LogP) is 4.83. The zero-order valence-electron chi connectivity index (χ0n) is 24.1. The Hall–Kier alpha value is -4.36. The summed E-state index contributed by atoms with van der Waals surface area (Å²) in [6, 6.07) is 15.5. The number of ketones is 1. The van der Waals surface area contributed by atoms with E-state index < -0.39 is 11.4 Å². The quantitative estimate of drug-likeness (QED) is 0.109. The largest absolute Gasteiger partial charge is 0.466 e. The van der Waals surface area contributed by atoms with Crippen LogP contribution < -0.4 is 0 Å². The summed E-state index contributed by atoms with van der Waals surface area (Å²) in [6.07, 6.45) is 1.27. The van der Waals surface area contributed by atoms with Crippen LogP contribution in [0.15, 0.2) is 55.1 Å². The molecule has 0 unspecified atom stereocenters. The Morgan fingerprint density at radius 3 is 1.85 bits per heavy atom. The third-order valence-corrected chi connectivity index (χ3v) is 6.10. The van der Waals surface area contributed by atoms with Crippen LogP contribution in [-0.4, -0.2) is 54.5 Å². The number of rotatable bonds is 9. The van der Waals surface area contributed by atoms with Gasteiger partial charge in [-0.2, -0.15) is 4.79 Å².